The van der Waals surface area contributed by atoms with Crippen LogP contribution >= 0.6 is 0 Å². The number of rotatable bonds is 3. The predicted molar refractivity (Wildman–Crippen MR) is 51.0 cm³/mol. The lowest BCUT2D eigenvalue weighted by molar-refractivity contribution is 0.806. The largest absolute Gasteiger partial charge is 0.355 e. The highest BCUT2D eigenvalue weighted by atomic mass is 15.2. The quantitative estimate of drug-likeness (QED) is 0.274. The first-order valence-electron chi connectivity index (χ1n) is 4.27. The summed E-state index contributed by atoms with van der Waals surface area (Å²) in [5.74, 6) is 3.44. The summed E-state index contributed by atoms with van der Waals surface area (Å²) in [7, 11) is 1.77. The highest BCUT2D eigenvalue weighted by molar-refractivity contribution is 5.80. The first-order valence-corrected chi connectivity index (χ1v) is 4.27. The summed E-state index contributed by atoms with van der Waals surface area (Å²) < 4.78 is 0. The monoisotopic (exact) mass is 165 g/mol. The van der Waals surface area contributed by atoms with Crippen LogP contribution in [-0.2, 0) is 0 Å². The molecule has 2 N–H and O–H groups in total. The molecule has 1 fully saturated rings. The molecular weight excluding hydrogens is 150 g/mol. The molecule has 0 aromatic carbocycles. The van der Waals surface area contributed by atoms with Crippen molar-refractivity contribution in [2.75, 3.05) is 13.6 Å². The van der Waals surface area contributed by atoms with Crippen LogP contribution in [0.15, 0.2) is 4.99 Å². The molecule has 0 heterocycles. The molecule has 0 amide bonds. The number of terminal acetylenes is 1. The van der Waals surface area contributed by atoms with Gasteiger partial charge < -0.3 is 10.6 Å². The molecule has 0 spiro atoms. The first kappa shape index (κ1) is 8.92. The van der Waals surface area contributed by atoms with Crippen molar-refractivity contribution in [2.24, 2.45) is 4.99 Å². The van der Waals surface area contributed by atoms with Crippen LogP contribution in [0.2, 0.25) is 0 Å². The summed E-state index contributed by atoms with van der Waals surface area (Å²) in [5, 5.41) is 6.41. The van der Waals surface area contributed by atoms with Gasteiger partial charge in [-0.15, -0.1) is 12.3 Å². The number of aliphatic imine (C=N–C) groups is 1. The second-order valence-electron chi connectivity index (χ2n) is 2.87. The normalized spacial score (nSPS) is 16.8. The van der Waals surface area contributed by atoms with E-state index in [0.717, 1.165) is 18.9 Å². The molecule has 1 aliphatic rings. The molecule has 66 valence electrons. The zero-order chi connectivity index (χ0) is 8.81. The Hall–Kier alpha value is -1.17. The van der Waals surface area contributed by atoms with E-state index < -0.39 is 0 Å². The molecule has 1 saturated carbocycles. The fourth-order valence-electron chi connectivity index (χ4n) is 0.869. The molecule has 0 atom stereocenters. The number of hydrogen-bond donors (Lipinski definition) is 2. The minimum Gasteiger partial charge on any atom is -0.355 e. The average molecular weight is 165 g/mol. The molecule has 3 heteroatoms. The Kier molecular flexibility index (Phi) is 3.46. The lowest BCUT2D eigenvalue weighted by Gasteiger charge is -2.08. The van der Waals surface area contributed by atoms with Gasteiger partial charge in [-0.3, -0.25) is 4.99 Å². The van der Waals surface area contributed by atoms with Crippen molar-refractivity contribution in [1.82, 2.24) is 10.6 Å². The molecule has 0 bridgehead atoms. The van der Waals surface area contributed by atoms with Gasteiger partial charge in [0.25, 0.3) is 0 Å². The van der Waals surface area contributed by atoms with Crippen LogP contribution in [0.25, 0.3) is 0 Å². The first-order chi connectivity index (χ1) is 5.86. The Bertz CT molecular complexity index is 198. The maximum atomic E-state index is 5.12. The van der Waals surface area contributed by atoms with Gasteiger partial charge in [0.05, 0.1) is 0 Å². The van der Waals surface area contributed by atoms with Gasteiger partial charge in [0.2, 0.25) is 0 Å². The summed E-state index contributed by atoms with van der Waals surface area (Å²) in [4.78, 5) is 4.07. The van der Waals surface area contributed by atoms with Gasteiger partial charge >= 0.3 is 0 Å². The van der Waals surface area contributed by atoms with E-state index in [4.69, 9.17) is 6.42 Å². The standard InChI is InChI=1S/C9H15N3/c1-3-4-7-11-9(10-2)12-8-5-6-8/h1,8H,4-7H2,2H3,(H2,10,11,12). The van der Waals surface area contributed by atoms with Gasteiger partial charge in [-0.25, -0.2) is 0 Å². The van der Waals surface area contributed by atoms with Gasteiger partial charge in [0.1, 0.15) is 0 Å². The zero-order valence-corrected chi connectivity index (χ0v) is 7.43. The van der Waals surface area contributed by atoms with Crippen molar-refractivity contribution in [1.29, 1.82) is 0 Å². The topological polar surface area (TPSA) is 36.4 Å². The molecule has 12 heavy (non-hydrogen) atoms. The molecule has 3 nitrogen and oxygen atoms in total. The number of nitrogens with zero attached hydrogens (tertiary/aromatic N) is 1. The lowest BCUT2D eigenvalue weighted by Crippen LogP contribution is -2.38. The maximum Gasteiger partial charge on any atom is 0.191 e. The lowest BCUT2D eigenvalue weighted by atomic mass is 10.4. The number of guanidine groups is 1. The summed E-state index contributed by atoms with van der Waals surface area (Å²) in [6.07, 6.45) is 8.38. The van der Waals surface area contributed by atoms with E-state index in [1.165, 1.54) is 12.8 Å². The molecule has 0 saturated heterocycles. The highest BCUT2D eigenvalue weighted by Crippen LogP contribution is 2.18. The van der Waals surface area contributed by atoms with Crippen molar-refractivity contribution in [3.05, 3.63) is 0 Å². The SMILES string of the molecule is C#CCCNC(=NC)NC1CC1. The van der Waals surface area contributed by atoms with Crippen LogP contribution in [0.4, 0.5) is 0 Å². The fourth-order valence-corrected chi connectivity index (χ4v) is 0.869. The van der Waals surface area contributed by atoms with Crippen molar-refractivity contribution >= 4 is 5.96 Å². The molecule has 0 aliphatic heterocycles. The van der Waals surface area contributed by atoms with E-state index in [-0.39, 0.29) is 0 Å². The molecule has 0 unspecified atom stereocenters. The van der Waals surface area contributed by atoms with E-state index in [1.807, 2.05) is 0 Å². The molecule has 0 aromatic rings. The van der Waals surface area contributed by atoms with Crippen LogP contribution < -0.4 is 10.6 Å². The van der Waals surface area contributed by atoms with Crippen LogP contribution in [0.1, 0.15) is 19.3 Å². The van der Waals surface area contributed by atoms with Crippen molar-refractivity contribution in [3.63, 3.8) is 0 Å². The maximum absolute atomic E-state index is 5.12. The smallest absolute Gasteiger partial charge is 0.191 e. The Morgan fingerprint density at radius 2 is 2.42 bits per heavy atom. The van der Waals surface area contributed by atoms with Crippen molar-refractivity contribution in [3.8, 4) is 12.3 Å². The van der Waals surface area contributed by atoms with Crippen LogP contribution in [0, 0.1) is 12.3 Å². The minimum absolute atomic E-state index is 0.641. The Labute approximate surface area is 73.6 Å². The van der Waals surface area contributed by atoms with Gasteiger partial charge in [0, 0.05) is 26.1 Å². The Morgan fingerprint density at radius 1 is 1.67 bits per heavy atom. The van der Waals surface area contributed by atoms with E-state index in [1.54, 1.807) is 7.05 Å². The molecule has 1 aliphatic carbocycles. The average Bonchev–Trinajstić information content (AvgIpc) is 2.87. The van der Waals surface area contributed by atoms with Gasteiger partial charge in [-0.1, -0.05) is 0 Å². The third kappa shape index (κ3) is 3.29. The van der Waals surface area contributed by atoms with Crippen molar-refractivity contribution < 1.29 is 0 Å². The van der Waals surface area contributed by atoms with Crippen LogP contribution in [-0.4, -0.2) is 25.6 Å². The second kappa shape index (κ2) is 4.66. The van der Waals surface area contributed by atoms with E-state index >= 15 is 0 Å². The third-order valence-electron chi connectivity index (χ3n) is 1.70. The fraction of sp³-hybridized carbons (Fsp3) is 0.667. The van der Waals surface area contributed by atoms with E-state index in [0.29, 0.717) is 6.04 Å². The van der Waals surface area contributed by atoms with E-state index in [9.17, 15) is 0 Å². The predicted octanol–water partition coefficient (Wildman–Crippen LogP) is 0.337. The summed E-state index contributed by atoms with van der Waals surface area (Å²) in [6.45, 7) is 0.795. The summed E-state index contributed by atoms with van der Waals surface area (Å²) in [5.41, 5.74) is 0. The van der Waals surface area contributed by atoms with Gasteiger partial charge in [-0.05, 0) is 12.8 Å². The van der Waals surface area contributed by atoms with Gasteiger partial charge in [-0.2, -0.15) is 0 Å². The minimum atomic E-state index is 0.641. The van der Waals surface area contributed by atoms with Crippen molar-refractivity contribution in [2.45, 2.75) is 25.3 Å². The van der Waals surface area contributed by atoms with E-state index in [2.05, 4.69) is 21.5 Å². The summed E-state index contributed by atoms with van der Waals surface area (Å²) in [6, 6.07) is 0.641. The Balaban J connectivity index is 2.12. The summed E-state index contributed by atoms with van der Waals surface area (Å²) >= 11 is 0. The molecule has 1 rings (SSSR count). The Morgan fingerprint density at radius 3 is 2.92 bits per heavy atom. The zero-order valence-electron chi connectivity index (χ0n) is 7.43. The third-order valence-corrected chi connectivity index (χ3v) is 1.70. The second-order valence-corrected chi connectivity index (χ2v) is 2.87. The van der Waals surface area contributed by atoms with Gasteiger partial charge in [0.15, 0.2) is 5.96 Å². The molecule has 0 aromatic heterocycles. The number of nitrogens with one attached hydrogen (secondary N) is 2. The van der Waals surface area contributed by atoms with Crippen LogP contribution in [0.5, 0.6) is 0 Å². The molecule has 0 radical (unpaired) electrons. The number of hydrogen-bond acceptors (Lipinski definition) is 1. The van der Waals surface area contributed by atoms with Crippen LogP contribution in [0.3, 0.4) is 0 Å². The highest BCUT2D eigenvalue weighted by Gasteiger charge is 2.21. The molecular formula is C9H15N3.